The first kappa shape index (κ1) is 16.6. The van der Waals surface area contributed by atoms with Gasteiger partial charge in [0.15, 0.2) is 43.1 Å². The average Bonchev–Trinajstić information content (AvgIpc) is 2.32. The van der Waals surface area contributed by atoms with E-state index in [1.54, 1.807) is 12.1 Å². The number of rotatable bonds is 7. The third-order valence-electron chi connectivity index (χ3n) is 2.01. The monoisotopic (exact) mass is 324 g/mol. The number of hydrogen-bond acceptors (Lipinski definition) is 7. The largest absolute Gasteiger partial charge is 0.493 e. The zero-order chi connectivity index (χ0) is 15.4. The maximum atomic E-state index is 11.1. The average molecular weight is 324 g/mol. The summed E-state index contributed by atoms with van der Waals surface area (Å²) in [5, 5.41) is 0. The molecule has 0 atom stereocenters. The van der Waals surface area contributed by atoms with Crippen LogP contribution in [0.3, 0.4) is 0 Å². The number of para-hydroxylation sites is 1. The predicted molar refractivity (Wildman–Crippen MR) is 73.7 cm³/mol. The van der Waals surface area contributed by atoms with Crippen molar-refractivity contribution in [2.75, 3.05) is 31.5 Å². The van der Waals surface area contributed by atoms with Crippen LogP contribution in [-0.2, 0) is 19.7 Å². The van der Waals surface area contributed by atoms with Gasteiger partial charge in [-0.15, -0.1) is 0 Å². The van der Waals surface area contributed by atoms with Crippen LogP contribution in [0.25, 0.3) is 0 Å². The minimum atomic E-state index is -3.36. The van der Waals surface area contributed by atoms with Crippen molar-refractivity contribution < 1.29 is 31.0 Å². The predicted octanol–water partition coefficient (Wildman–Crippen LogP) is 0.457. The first-order valence-corrected chi connectivity index (χ1v) is 9.52. The molecule has 1 aromatic rings. The molecule has 1 rings (SSSR count). The van der Waals surface area contributed by atoms with Crippen molar-refractivity contribution in [2.24, 2.45) is 0 Å². The standard InChI is InChI=1S/C11H16O7S2/c1-16-9-5-4-6-10(17-7-19(2,12)13)11(9)18-8-20(3,14)15/h4-6H,7-8H2,1-3H3. The Morgan fingerprint density at radius 1 is 0.900 bits per heavy atom. The van der Waals surface area contributed by atoms with Crippen LogP contribution in [-0.4, -0.2) is 48.3 Å². The number of hydrogen-bond donors (Lipinski definition) is 0. The van der Waals surface area contributed by atoms with Crippen LogP contribution < -0.4 is 14.2 Å². The molecule has 0 unspecified atom stereocenters. The molecular formula is C11H16O7S2. The Morgan fingerprint density at radius 2 is 1.40 bits per heavy atom. The summed E-state index contributed by atoms with van der Waals surface area (Å²) in [7, 11) is -5.32. The minimum Gasteiger partial charge on any atom is -0.493 e. The Kier molecular flexibility index (Phi) is 5.23. The SMILES string of the molecule is COc1cccc(OCS(C)(=O)=O)c1OCS(C)(=O)=O. The highest BCUT2D eigenvalue weighted by molar-refractivity contribution is 7.90. The number of benzene rings is 1. The van der Waals surface area contributed by atoms with E-state index in [-0.39, 0.29) is 17.2 Å². The van der Waals surface area contributed by atoms with Crippen molar-refractivity contribution in [3.05, 3.63) is 18.2 Å². The smallest absolute Gasteiger partial charge is 0.204 e. The van der Waals surface area contributed by atoms with Crippen molar-refractivity contribution in [2.45, 2.75) is 0 Å². The first-order chi connectivity index (χ1) is 9.12. The second-order valence-corrected chi connectivity index (χ2v) is 8.34. The molecule has 0 amide bonds. The minimum absolute atomic E-state index is 0.0454. The van der Waals surface area contributed by atoms with Gasteiger partial charge in [0, 0.05) is 12.5 Å². The Morgan fingerprint density at radius 3 is 1.90 bits per heavy atom. The van der Waals surface area contributed by atoms with Gasteiger partial charge in [-0.25, -0.2) is 16.8 Å². The fourth-order valence-corrected chi connectivity index (χ4v) is 1.92. The Hall–Kier alpha value is -1.48. The lowest BCUT2D eigenvalue weighted by atomic mass is 10.3. The zero-order valence-corrected chi connectivity index (χ0v) is 13.0. The van der Waals surface area contributed by atoms with E-state index in [0.717, 1.165) is 12.5 Å². The zero-order valence-electron chi connectivity index (χ0n) is 11.3. The van der Waals surface area contributed by atoms with Crippen molar-refractivity contribution in [3.8, 4) is 17.2 Å². The van der Waals surface area contributed by atoms with E-state index >= 15 is 0 Å². The van der Waals surface area contributed by atoms with E-state index in [4.69, 9.17) is 14.2 Å². The Balaban J connectivity index is 3.04. The molecule has 0 radical (unpaired) electrons. The summed E-state index contributed by atoms with van der Waals surface area (Å²) < 4.78 is 59.8. The Bertz CT molecular complexity index is 662. The quantitative estimate of drug-likeness (QED) is 0.718. The topological polar surface area (TPSA) is 96.0 Å². The molecule has 0 bridgehead atoms. The molecule has 0 saturated carbocycles. The van der Waals surface area contributed by atoms with Crippen LogP contribution in [0, 0.1) is 0 Å². The van der Waals surface area contributed by atoms with Crippen molar-refractivity contribution in [1.29, 1.82) is 0 Å². The summed E-state index contributed by atoms with van der Waals surface area (Å²) in [5.41, 5.74) is 0. The lowest BCUT2D eigenvalue weighted by Crippen LogP contribution is -2.13. The summed E-state index contributed by atoms with van der Waals surface area (Å²) in [5.74, 6) is -0.722. The molecule has 0 aliphatic rings. The second kappa shape index (κ2) is 6.31. The maximum absolute atomic E-state index is 11.1. The molecule has 0 spiro atoms. The van der Waals surface area contributed by atoms with Crippen molar-refractivity contribution >= 4 is 19.7 Å². The maximum Gasteiger partial charge on any atom is 0.204 e. The fourth-order valence-electron chi connectivity index (χ4n) is 1.25. The van der Waals surface area contributed by atoms with Crippen LogP contribution in [0.1, 0.15) is 0 Å². The highest BCUT2D eigenvalue weighted by atomic mass is 32.2. The molecule has 0 N–H and O–H groups in total. The van der Waals surface area contributed by atoms with E-state index in [2.05, 4.69) is 0 Å². The van der Waals surface area contributed by atoms with Crippen LogP contribution >= 0.6 is 0 Å². The van der Waals surface area contributed by atoms with Crippen LogP contribution in [0.4, 0.5) is 0 Å². The first-order valence-electron chi connectivity index (χ1n) is 5.40. The van der Waals surface area contributed by atoms with Gasteiger partial charge in [-0.3, -0.25) is 0 Å². The van der Waals surface area contributed by atoms with Gasteiger partial charge in [0.1, 0.15) is 0 Å². The molecule has 114 valence electrons. The molecular weight excluding hydrogens is 308 g/mol. The molecule has 9 heteroatoms. The summed E-state index contributed by atoms with van der Waals surface area (Å²) in [6.07, 6.45) is 2.03. The van der Waals surface area contributed by atoms with Gasteiger partial charge < -0.3 is 14.2 Å². The van der Waals surface area contributed by atoms with Crippen LogP contribution in [0.15, 0.2) is 18.2 Å². The molecule has 0 saturated heterocycles. The van der Waals surface area contributed by atoms with Gasteiger partial charge in [0.05, 0.1) is 7.11 Å². The molecule has 0 aliphatic carbocycles. The molecule has 0 aromatic heterocycles. The van der Waals surface area contributed by atoms with Crippen molar-refractivity contribution in [1.82, 2.24) is 0 Å². The van der Waals surface area contributed by atoms with E-state index in [1.165, 1.54) is 13.2 Å². The number of methoxy groups -OCH3 is 1. The van der Waals surface area contributed by atoms with Gasteiger partial charge in [-0.05, 0) is 12.1 Å². The molecule has 0 fully saturated rings. The highest BCUT2D eigenvalue weighted by Gasteiger charge is 2.16. The van der Waals surface area contributed by atoms with Gasteiger partial charge >= 0.3 is 0 Å². The molecule has 0 heterocycles. The lowest BCUT2D eigenvalue weighted by molar-refractivity contribution is 0.302. The normalized spacial score (nSPS) is 11.9. The van der Waals surface area contributed by atoms with Gasteiger partial charge in [0.2, 0.25) is 5.75 Å². The molecule has 20 heavy (non-hydrogen) atoms. The summed E-state index contributed by atoms with van der Waals surface area (Å²) in [6.45, 7) is 0. The Labute approximate surface area is 118 Å². The summed E-state index contributed by atoms with van der Waals surface area (Å²) in [6, 6.07) is 4.58. The van der Waals surface area contributed by atoms with E-state index in [9.17, 15) is 16.8 Å². The van der Waals surface area contributed by atoms with E-state index in [0.29, 0.717) is 0 Å². The van der Waals surface area contributed by atoms with E-state index in [1.807, 2.05) is 0 Å². The summed E-state index contributed by atoms with van der Waals surface area (Å²) >= 11 is 0. The van der Waals surface area contributed by atoms with Crippen molar-refractivity contribution in [3.63, 3.8) is 0 Å². The van der Waals surface area contributed by atoms with Gasteiger partial charge in [-0.2, -0.15) is 0 Å². The third kappa shape index (κ3) is 5.66. The van der Waals surface area contributed by atoms with Crippen LogP contribution in [0.5, 0.6) is 17.2 Å². The van der Waals surface area contributed by atoms with Crippen LogP contribution in [0.2, 0.25) is 0 Å². The number of sulfone groups is 2. The second-order valence-electron chi connectivity index (χ2n) is 4.16. The third-order valence-corrected chi connectivity index (χ3v) is 3.10. The lowest BCUT2D eigenvalue weighted by Gasteiger charge is -2.14. The highest BCUT2D eigenvalue weighted by Crippen LogP contribution is 2.37. The fraction of sp³-hybridized carbons (Fsp3) is 0.455. The summed E-state index contributed by atoms with van der Waals surface area (Å²) in [4.78, 5) is 0. The molecule has 7 nitrogen and oxygen atoms in total. The van der Waals surface area contributed by atoms with Gasteiger partial charge in [0.25, 0.3) is 0 Å². The van der Waals surface area contributed by atoms with E-state index < -0.39 is 31.6 Å². The number of ether oxygens (including phenoxy) is 3. The molecule has 1 aromatic carbocycles. The molecule has 0 aliphatic heterocycles. The van der Waals surface area contributed by atoms with Gasteiger partial charge in [-0.1, -0.05) is 6.07 Å².